The third-order valence-electron chi connectivity index (χ3n) is 0. The summed E-state index contributed by atoms with van der Waals surface area (Å²) >= 11 is 4.74. The van der Waals surface area contributed by atoms with E-state index in [0.29, 0.717) is 9.47 Å². The Bertz CT molecular complexity index is 6.00. The molecule has 0 nitrogen and oxygen atoms in total. The van der Waals surface area contributed by atoms with Gasteiger partial charge in [-0.2, -0.15) is 0 Å². The number of hydrogen-bond acceptors (Lipinski definition) is 0. The van der Waals surface area contributed by atoms with Gasteiger partial charge in [0.1, 0.15) is 0 Å². The molecule has 0 aromatic carbocycles. The summed E-state index contributed by atoms with van der Waals surface area (Å²) in [4.78, 5) is 0. The van der Waals surface area contributed by atoms with E-state index in [1.54, 1.807) is 0 Å². The molecular weight excluding hydrogens is 316 g/mol. The van der Waals surface area contributed by atoms with Crippen molar-refractivity contribution in [2.45, 2.75) is 0 Å². The standard InChI is InChI=1S/B.2HI.V/h;2*1H;/q;;;+2/p-2. The third-order valence-corrected chi connectivity index (χ3v) is 0. The minimum absolute atomic E-state index is 0. The first-order valence-electron chi connectivity index (χ1n) is 0.338. The van der Waals surface area contributed by atoms with Gasteiger partial charge in [0.15, 0.2) is 0 Å². The maximum absolute atomic E-state index is 2.37. The molecule has 4 heteroatoms. The van der Waals surface area contributed by atoms with Crippen LogP contribution in [0.2, 0.25) is 0 Å². The van der Waals surface area contributed by atoms with E-state index in [1.807, 2.05) is 0 Å². The van der Waals surface area contributed by atoms with E-state index in [9.17, 15) is 0 Å². The molecule has 0 amide bonds. The van der Waals surface area contributed by atoms with Crippen LogP contribution in [0.5, 0.6) is 0 Å². The van der Waals surface area contributed by atoms with Crippen LogP contribution in [0.3, 0.4) is 0 Å². The molecule has 0 unspecified atom stereocenters. The second kappa shape index (κ2) is 8.92. The van der Waals surface area contributed by atoms with Gasteiger partial charge in [-0.1, -0.05) is 0 Å². The van der Waals surface area contributed by atoms with E-state index >= 15 is 0 Å². The topological polar surface area (TPSA) is 0 Å². The van der Waals surface area contributed by atoms with Crippen LogP contribution in [0, 0.1) is 0 Å². The number of halogens is 2. The summed E-state index contributed by atoms with van der Waals surface area (Å²) in [5.74, 6) is 0. The Morgan fingerprint density at radius 2 is 1.25 bits per heavy atom. The maximum atomic E-state index is 2.37. The van der Waals surface area contributed by atoms with Gasteiger partial charge in [0, 0.05) is 8.41 Å². The third kappa shape index (κ3) is 8.93. The van der Waals surface area contributed by atoms with E-state index < -0.39 is 0 Å². The Hall–Kier alpha value is 2.11. The number of rotatable bonds is 0. The van der Waals surface area contributed by atoms with E-state index in [1.165, 1.54) is 0 Å². The molecule has 22 valence electrons. The quantitative estimate of drug-likeness (QED) is 0.468. The molecule has 0 spiro atoms. The molecule has 0 aliphatic rings. The molecule has 3 radical (unpaired) electrons. The van der Waals surface area contributed by atoms with Crippen molar-refractivity contribution in [3.05, 3.63) is 0 Å². The first kappa shape index (κ1) is 9.44. The average Bonchev–Trinajstić information content (AvgIpc) is 0.918. The molecule has 0 aliphatic carbocycles. The first-order valence-corrected chi connectivity index (χ1v) is 9.35. The fraction of sp³-hybridized carbons (Fsp3) is 0. The Labute approximate surface area is 56.9 Å². The fourth-order valence-corrected chi connectivity index (χ4v) is 0. The van der Waals surface area contributed by atoms with Crippen molar-refractivity contribution >= 4 is 48.4 Å². The van der Waals surface area contributed by atoms with E-state index in [4.69, 9.17) is 0 Å². The van der Waals surface area contributed by atoms with Gasteiger partial charge in [-0.05, 0) is 0 Å². The molecular formula is BI2V. The van der Waals surface area contributed by atoms with Crippen molar-refractivity contribution < 1.29 is 9.47 Å². The van der Waals surface area contributed by atoms with Crippen molar-refractivity contribution in [3.63, 3.8) is 0 Å². The average molecular weight is 316 g/mol. The zero-order chi connectivity index (χ0) is 2.71. The van der Waals surface area contributed by atoms with E-state index in [2.05, 4.69) is 40.0 Å². The molecule has 0 aromatic heterocycles. The van der Waals surface area contributed by atoms with E-state index in [-0.39, 0.29) is 8.41 Å². The summed E-state index contributed by atoms with van der Waals surface area (Å²) in [6.45, 7) is 0. The number of hydrogen-bond donors (Lipinski definition) is 0. The molecule has 0 fully saturated rings. The molecule has 0 aromatic rings. The van der Waals surface area contributed by atoms with Gasteiger partial charge in [-0.25, -0.2) is 0 Å². The Morgan fingerprint density at radius 3 is 1.25 bits per heavy atom. The summed E-state index contributed by atoms with van der Waals surface area (Å²) in [5.41, 5.74) is 0. The van der Waals surface area contributed by atoms with Crippen molar-refractivity contribution in [1.29, 1.82) is 0 Å². The molecule has 0 saturated carbocycles. The molecule has 0 bridgehead atoms. The van der Waals surface area contributed by atoms with Crippen LogP contribution in [0.4, 0.5) is 0 Å². The van der Waals surface area contributed by atoms with Gasteiger partial charge >= 0.3 is 49.4 Å². The second-order valence-corrected chi connectivity index (χ2v) is 11.9. The van der Waals surface area contributed by atoms with Gasteiger partial charge in [0.2, 0.25) is 0 Å². The monoisotopic (exact) mass is 316 g/mol. The fourth-order valence-electron chi connectivity index (χ4n) is 0. The van der Waals surface area contributed by atoms with Crippen LogP contribution in [-0.2, 0) is 9.47 Å². The molecule has 0 saturated heterocycles. The predicted molar refractivity (Wildman–Crippen MR) is 33.8 cm³/mol. The zero-order valence-corrected chi connectivity index (χ0v) is 7.49. The van der Waals surface area contributed by atoms with Gasteiger partial charge in [0.25, 0.3) is 0 Å². The van der Waals surface area contributed by atoms with Crippen molar-refractivity contribution in [2.24, 2.45) is 0 Å². The van der Waals surface area contributed by atoms with Crippen LogP contribution < -0.4 is 0 Å². The normalized spacial score (nSPS) is 3.50. The molecule has 0 heterocycles. The molecule has 4 heavy (non-hydrogen) atoms. The Balaban J connectivity index is 0. The van der Waals surface area contributed by atoms with Crippen molar-refractivity contribution in [1.82, 2.24) is 0 Å². The summed E-state index contributed by atoms with van der Waals surface area (Å²) in [7, 11) is 0.628. The minimum atomic E-state index is 0. The molecule has 0 rings (SSSR count). The molecule has 0 aliphatic heterocycles. The van der Waals surface area contributed by atoms with Crippen LogP contribution in [0.25, 0.3) is 0 Å². The van der Waals surface area contributed by atoms with Crippen LogP contribution in [0.1, 0.15) is 0 Å². The van der Waals surface area contributed by atoms with Gasteiger partial charge in [-0.15, -0.1) is 0 Å². The van der Waals surface area contributed by atoms with Crippen LogP contribution in [-0.4, -0.2) is 8.41 Å². The summed E-state index contributed by atoms with van der Waals surface area (Å²) in [6.07, 6.45) is 0. The predicted octanol–water partition coefficient (Wildman–Crippen LogP) is 1.39. The SMILES string of the molecule is [B].[I][V][I]. The van der Waals surface area contributed by atoms with Gasteiger partial charge in [0.05, 0.1) is 0 Å². The van der Waals surface area contributed by atoms with Gasteiger partial charge < -0.3 is 0 Å². The second-order valence-electron chi connectivity index (χ2n) is 0.0639. The molecule has 0 atom stereocenters. The Morgan fingerprint density at radius 1 is 1.25 bits per heavy atom. The Kier molecular flexibility index (Phi) is 21.1. The summed E-state index contributed by atoms with van der Waals surface area (Å²) in [5, 5.41) is 0. The summed E-state index contributed by atoms with van der Waals surface area (Å²) in [6, 6.07) is 0. The van der Waals surface area contributed by atoms with E-state index in [0.717, 1.165) is 0 Å². The van der Waals surface area contributed by atoms with Crippen LogP contribution in [0.15, 0.2) is 0 Å². The molecule has 0 N–H and O–H groups in total. The van der Waals surface area contributed by atoms with Crippen LogP contribution >= 0.6 is 40.0 Å². The van der Waals surface area contributed by atoms with Gasteiger partial charge in [-0.3, -0.25) is 0 Å². The first-order chi connectivity index (χ1) is 1.41. The summed E-state index contributed by atoms with van der Waals surface area (Å²) < 4.78 is 0. The van der Waals surface area contributed by atoms with Crippen molar-refractivity contribution in [3.8, 4) is 0 Å². The zero-order valence-electron chi connectivity index (χ0n) is 1.78. The van der Waals surface area contributed by atoms with Crippen molar-refractivity contribution in [2.75, 3.05) is 0 Å².